The summed E-state index contributed by atoms with van der Waals surface area (Å²) in [5.41, 5.74) is 4.88. The Labute approximate surface area is 189 Å². The maximum atomic E-state index is 4.50. The smallest absolute Gasteiger partial charge is 0.106 e. The Morgan fingerprint density at radius 2 is 1.00 bits per heavy atom. The molecular weight excluding hydrogens is 442 g/mol. The van der Waals surface area contributed by atoms with Crippen LogP contribution in [0.5, 0.6) is 0 Å². The Balaban J connectivity index is 1.76. The number of aromatic nitrogens is 1. The average Bonchev–Trinajstić information content (AvgIpc) is 2.83. The highest BCUT2D eigenvalue weighted by Crippen LogP contribution is 2.43. The molecular formula is C29H18BrN. The van der Waals surface area contributed by atoms with Crippen LogP contribution < -0.4 is 0 Å². The van der Waals surface area contributed by atoms with Crippen LogP contribution in [0.25, 0.3) is 54.6 Å². The third kappa shape index (κ3) is 3.03. The Morgan fingerprint density at radius 3 is 1.58 bits per heavy atom. The second-order valence-corrected chi connectivity index (χ2v) is 8.59. The first-order chi connectivity index (χ1) is 15.3. The fourth-order valence-corrected chi connectivity index (χ4v) is 4.85. The van der Waals surface area contributed by atoms with E-state index in [2.05, 4.69) is 118 Å². The van der Waals surface area contributed by atoms with E-state index < -0.39 is 0 Å². The van der Waals surface area contributed by atoms with Crippen molar-refractivity contribution in [2.45, 2.75) is 0 Å². The lowest BCUT2D eigenvalue weighted by molar-refractivity contribution is 1.28. The van der Waals surface area contributed by atoms with Crippen LogP contribution >= 0.6 is 15.9 Å². The fourth-order valence-electron chi connectivity index (χ4n) is 4.62. The molecule has 0 radical (unpaired) electrons. The van der Waals surface area contributed by atoms with Gasteiger partial charge in [0.15, 0.2) is 0 Å². The molecule has 5 aromatic carbocycles. The van der Waals surface area contributed by atoms with E-state index in [0.717, 1.165) is 10.2 Å². The van der Waals surface area contributed by atoms with Crippen molar-refractivity contribution < 1.29 is 0 Å². The van der Waals surface area contributed by atoms with Crippen molar-refractivity contribution in [2.24, 2.45) is 0 Å². The third-order valence-electron chi connectivity index (χ3n) is 5.99. The third-order valence-corrected chi connectivity index (χ3v) is 6.45. The topological polar surface area (TPSA) is 12.9 Å². The first-order valence-electron chi connectivity index (χ1n) is 10.3. The summed E-state index contributed by atoms with van der Waals surface area (Å²) in [5, 5.41) is 7.53. The molecule has 0 saturated carbocycles. The Morgan fingerprint density at radius 1 is 0.484 bits per heavy atom. The number of hydrogen-bond donors (Lipinski definition) is 0. The van der Waals surface area contributed by atoms with Crippen LogP contribution in [0.1, 0.15) is 0 Å². The molecule has 1 nitrogen and oxygen atoms in total. The van der Waals surface area contributed by atoms with Gasteiger partial charge in [-0.15, -0.1) is 0 Å². The predicted octanol–water partition coefficient (Wildman–Crippen LogP) is 8.64. The van der Waals surface area contributed by atoms with Crippen molar-refractivity contribution in [1.82, 2.24) is 4.98 Å². The van der Waals surface area contributed by atoms with Crippen molar-refractivity contribution in [3.05, 3.63) is 114 Å². The van der Waals surface area contributed by atoms with E-state index in [-0.39, 0.29) is 0 Å². The zero-order chi connectivity index (χ0) is 20.8. The lowest BCUT2D eigenvalue weighted by Crippen LogP contribution is -1.91. The predicted molar refractivity (Wildman–Crippen MR) is 135 cm³/mol. The van der Waals surface area contributed by atoms with Gasteiger partial charge in [-0.25, -0.2) is 4.98 Å². The van der Waals surface area contributed by atoms with E-state index in [4.69, 9.17) is 0 Å². The van der Waals surface area contributed by atoms with E-state index in [1.54, 1.807) is 0 Å². The lowest BCUT2D eigenvalue weighted by Gasteiger charge is -2.17. The summed E-state index contributed by atoms with van der Waals surface area (Å²) < 4.78 is 0.845. The zero-order valence-corrected chi connectivity index (χ0v) is 18.3. The molecule has 1 heterocycles. The summed E-state index contributed by atoms with van der Waals surface area (Å²) in [6.07, 6.45) is 1.95. The zero-order valence-electron chi connectivity index (χ0n) is 16.7. The molecule has 0 aliphatic rings. The number of pyridine rings is 1. The number of hydrogen-bond acceptors (Lipinski definition) is 1. The van der Waals surface area contributed by atoms with E-state index in [9.17, 15) is 0 Å². The molecule has 0 bridgehead atoms. The van der Waals surface area contributed by atoms with Gasteiger partial charge < -0.3 is 0 Å². The van der Waals surface area contributed by atoms with E-state index in [1.165, 1.54) is 49.0 Å². The molecule has 0 aliphatic carbocycles. The second kappa shape index (κ2) is 7.33. The number of fused-ring (bicyclic) bond motifs is 3. The molecule has 0 aliphatic heterocycles. The van der Waals surface area contributed by atoms with Gasteiger partial charge in [0, 0.05) is 11.8 Å². The largest absolute Gasteiger partial charge is 0.249 e. The molecule has 146 valence electrons. The minimum absolute atomic E-state index is 0.845. The lowest BCUT2D eigenvalue weighted by atomic mass is 9.86. The van der Waals surface area contributed by atoms with Crippen molar-refractivity contribution >= 4 is 48.2 Å². The van der Waals surface area contributed by atoms with Gasteiger partial charge in [0.1, 0.15) is 4.60 Å². The summed E-state index contributed by atoms with van der Waals surface area (Å²) >= 11 is 3.47. The van der Waals surface area contributed by atoms with Gasteiger partial charge in [0.2, 0.25) is 0 Å². The summed E-state index contributed by atoms with van der Waals surface area (Å²) in [6.45, 7) is 0. The van der Waals surface area contributed by atoms with Gasteiger partial charge in [-0.05, 0) is 77.1 Å². The van der Waals surface area contributed by atoms with Crippen molar-refractivity contribution in [1.29, 1.82) is 0 Å². The molecule has 0 N–H and O–H groups in total. The van der Waals surface area contributed by atoms with Crippen molar-refractivity contribution in [3.63, 3.8) is 0 Å². The number of rotatable bonds is 2. The maximum Gasteiger partial charge on any atom is 0.106 e. The van der Waals surface area contributed by atoms with E-state index >= 15 is 0 Å². The van der Waals surface area contributed by atoms with Crippen LogP contribution in [0.4, 0.5) is 0 Å². The van der Waals surface area contributed by atoms with Crippen LogP contribution in [0.15, 0.2) is 114 Å². The molecule has 31 heavy (non-hydrogen) atoms. The molecule has 0 spiro atoms. The van der Waals surface area contributed by atoms with Gasteiger partial charge in [-0.1, -0.05) is 91.0 Å². The summed E-state index contributed by atoms with van der Waals surface area (Å²) in [4.78, 5) is 4.50. The Kier molecular flexibility index (Phi) is 4.33. The minimum Gasteiger partial charge on any atom is -0.249 e. The van der Waals surface area contributed by atoms with Crippen molar-refractivity contribution in [2.75, 3.05) is 0 Å². The molecule has 6 rings (SSSR count). The van der Waals surface area contributed by atoms with Gasteiger partial charge in [-0.2, -0.15) is 0 Å². The summed E-state index contributed by atoms with van der Waals surface area (Å²) in [6, 6.07) is 36.9. The quantitative estimate of drug-likeness (QED) is 0.186. The Bertz CT molecular complexity index is 1530. The minimum atomic E-state index is 0.845. The SMILES string of the molecule is Brc1ccc(-c2c3ccccc3c(-c3ccc4ccccc4c3)c3ccccc23)cn1. The van der Waals surface area contributed by atoms with Gasteiger partial charge in [0.05, 0.1) is 0 Å². The second-order valence-electron chi connectivity index (χ2n) is 7.77. The molecule has 0 fully saturated rings. The average molecular weight is 460 g/mol. The van der Waals surface area contributed by atoms with Crippen molar-refractivity contribution in [3.8, 4) is 22.3 Å². The molecule has 0 unspecified atom stereocenters. The van der Waals surface area contributed by atoms with Crippen LogP contribution in [0.2, 0.25) is 0 Å². The van der Waals surface area contributed by atoms with E-state index in [0.29, 0.717) is 0 Å². The molecule has 1 aromatic heterocycles. The standard InChI is InChI=1S/C29H18BrN/c30-27-16-15-22(18-31-27)29-25-11-5-3-9-23(25)28(24-10-4-6-12-26(24)29)21-14-13-19-7-1-2-8-20(19)17-21/h1-18H. The highest BCUT2D eigenvalue weighted by Gasteiger charge is 2.16. The summed E-state index contributed by atoms with van der Waals surface area (Å²) in [7, 11) is 0. The molecule has 0 saturated heterocycles. The molecule has 0 amide bonds. The highest BCUT2D eigenvalue weighted by molar-refractivity contribution is 9.10. The summed E-state index contributed by atoms with van der Waals surface area (Å²) in [5.74, 6) is 0. The molecule has 0 atom stereocenters. The maximum absolute atomic E-state index is 4.50. The highest BCUT2D eigenvalue weighted by atomic mass is 79.9. The van der Waals surface area contributed by atoms with E-state index in [1.807, 2.05) is 12.3 Å². The molecule has 2 heteroatoms. The van der Waals surface area contributed by atoms with Gasteiger partial charge >= 0.3 is 0 Å². The normalized spacial score (nSPS) is 11.4. The molecule has 6 aromatic rings. The fraction of sp³-hybridized carbons (Fsp3) is 0. The van der Waals surface area contributed by atoms with Gasteiger partial charge in [0.25, 0.3) is 0 Å². The van der Waals surface area contributed by atoms with Crippen LogP contribution in [0, 0.1) is 0 Å². The van der Waals surface area contributed by atoms with Crippen LogP contribution in [-0.2, 0) is 0 Å². The van der Waals surface area contributed by atoms with Crippen LogP contribution in [0.3, 0.4) is 0 Å². The Hall–Kier alpha value is -3.49. The van der Waals surface area contributed by atoms with Gasteiger partial charge in [-0.3, -0.25) is 0 Å². The monoisotopic (exact) mass is 459 g/mol. The number of benzene rings is 5. The first kappa shape index (κ1) is 18.3. The first-order valence-corrected chi connectivity index (χ1v) is 11.1. The van der Waals surface area contributed by atoms with Crippen LogP contribution in [-0.4, -0.2) is 4.98 Å². The number of halogens is 1. The number of nitrogens with zero attached hydrogens (tertiary/aromatic N) is 1.